The maximum absolute atomic E-state index is 3.55. The van der Waals surface area contributed by atoms with Crippen molar-refractivity contribution in [3.63, 3.8) is 0 Å². The van der Waals surface area contributed by atoms with Crippen LogP contribution >= 0.6 is 15.9 Å². The van der Waals surface area contributed by atoms with Gasteiger partial charge in [0.25, 0.3) is 0 Å². The zero-order chi connectivity index (χ0) is 12.8. The third-order valence-electron chi connectivity index (χ3n) is 4.53. The summed E-state index contributed by atoms with van der Waals surface area (Å²) in [5.41, 5.74) is 2.08. The van der Waals surface area contributed by atoms with Gasteiger partial charge in [0.05, 0.1) is 0 Å². The minimum absolute atomic E-state index is 0.494. The average molecular weight is 309 g/mol. The second kappa shape index (κ2) is 6.75. The predicted molar refractivity (Wildman–Crippen MR) is 83.0 cm³/mol. The Balaban J connectivity index is 2.15. The molecule has 1 heteroatoms. The van der Waals surface area contributed by atoms with E-state index in [4.69, 9.17) is 0 Å². The Labute approximate surface area is 120 Å². The van der Waals surface area contributed by atoms with E-state index in [-0.39, 0.29) is 0 Å². The summed E-state index contributed by atoms with van der Waals surface area (Å²) in [4.78, 5) is 0. The Morgan fingerprint density at radius 2 is 1.67 bits per heavy atom. The third-order valence-corrected chi connectivity index (χ3v) is 5.05. The second-order valence-corrected chi connectivity index (χ2v) is 6.72. The van der Waals surface area contributed by atoms with E-state index in [9.17, 15) is 0 Å². The normalized spacial score (nSPS) is 18.8. The smallest absolute Gasteiger partial charge is 0.0175 e. The number of benzene rings is 1. The summed E-state index contributed by atoms with van der Waals surface area (Å²) in [6.45, 7) is 2.30. The van der Waals surface area contributed by atoms with Crippen LogP contribution in [0.15, 0.2) is 28.7 Å². The molecule has 0 nitrogen and oxygen atoms in total. The fraction of sp³-hybridized carbons (Fsp3) is 0.647. The molecule has 1 fully saturated rings. The Morgan fingerprint density at radius 1 is 1.00 bits per heavy atom. The van der Waals surface area contributed by atoms with E-state index < -0.39 is 0 Å². The van der Waals surface area contributed by atoms with E-state index in [0.717, 1.165) is 0 Å². The van der Waals surface area contributed by atoms with Gasteiger partial charge in [-0.2, -0.15) is 0 Å². The zero-order valence-electron chi connectivity index (χ0n) is 11.6. The Bertz CT molecular complexity index is 346. The quantitative estimate of drug-likeness (QED) is 0.565. The fourth-order valence-electron chi connectivity index (χ4n) is 3.43. The number of halogens is 1. The number of rotatable bonds is 5. The molecule has 0 spiro atoms. The van der Waals surface area contributed by atoms with E-state index in [1.165, 1.54) is 62.3 Å². The monoisotopic (exact) mass is 308 g/mol. The molecule has 0 bridgehead atoms. The topological polar surface area (TPSA) is 0 Å². The van der Waals surface area contributed by atoms with Crippen molar-refractivity contribution < 1.29 is 0 Å². The van der Waals surface area contributed by atoms with Crippen molar-refractivity contribution in [1.29, 1.82) is 0 Å². The van der Waals surface area contributed by atoms with Crippen LogP contribution in [0.25, 0.3) is 0 Å². The van der Waals surface area contributed by atoms with E-state index in [1.807, 2.05) is 0 Å². The minimum atomic E-state index is 0.494. The van der Waals surface area contributed by atoms with Crippen LogP contribution in [-0.4, -0.2) is 0 Å². The van der Waals surface area contributed by atoms with Crippen molar-refractivity contribution in [2.75, 3.05) is 0 Å². The summed E-state index contributed by atoms with van der Waals surface area (Å²) in [6.07, 6.45) is 12.6. The molecule has 18 heavy (non-hydrogen) atoms. The van der Waals surface area contributed by atoms with Crippen molar-refractivity contribution in [3.8, 4) is 0 Å². The lowest BCUT2D eigenvalue weighted by Gasteiger charge is -2.38. The van der Waals surface area contributed by atoms with Gasteiger partial charge in [-0.05, 0) is 42.4 Å². The molecule has 0 radical (unpaired) electrons. The van der Waals surface area contributed by atoms with E-state index in [2.05, 4.69) is 47.1 Å². The maximum Gasteiger partial charge on any atom is 0.0175 e. The van der Waals surface area contributed by atoms with Crippen LogP contribution in [0.1, 0.15) is 70.3 Å². The summed E-state index contributed by atoms with van der Waals surface area (Å²) in [6, 6.07) is 9.12. The highest BCUT2D eigenvalue weighted by Crippen LogP contribution is 2.43. The van der Waals surface area contributed by atoms with Crippen LogP contribution in [-0.2, 0) is 5.41 Å². The largest absolute Gasteiger partial charge is 0.0654 e. The SMILES string of the molecule is CCCCCC1(c2ccc(Br)cc2)CCCCC1. The van der Waals surface area contributed by atoms with Gasteiger partial charge >= 0.3 is 0 Å². The van der Waals surface area contributed by atoms with Gasteiger partial charge in [-0.15, -0.1) is 0 Å². The summed E-state index contributed by atoms with van der Waals surface area (Å²) in [7, 11) is 0. The summed E-state index contributed by atoms with van der Waals surface area (Å²) in [5.74, 6) is 0. The molecular weight excluding hydrogens is 284 g/mol. The molecule has 0 unspecified atom stereocenters. The molecule has 0 N–H and O–H groups in total. The minimum Gasteiger partial charge on any atom is -0.0654 e. The highest BCUT2D eigenvalue weighted by atomic mass is 79.9. The Hall–Kier alpha value is -0.300. The molecule has 0 heterocycles. The Morgan fingerprint density at radius 3 is 2.28 bits per heavy atom. The lowest BCUT2D eigenvalue weighted by Crippen LogP contribution is -2.29. The molecule has 1 saturated carbocycles. The average Bonchev–Trinajstić information content (AvgIpc) is 2.41. The lowest BCUT2D eigenvalue weighted by atomic mass is 9.66. The van der Waals surface area contributed by atoms with Gasteiger partial charge in [-0.25, -0.2) is 0 Å². The Kier molecular flexibility index (Phi) is 5.29. The molecule has 1 aromatic rings. The zero-order valence-corrected chi connectivity index (χ0v) is 13.1. The van der Waals surface area contributed by atoms with Crippen LogP contribution < -0.4 is 0 Å². The van der Waals surface area contributed by atoms with Gasteiger partial charge in [0.15, 0.2) is 0 Å². The molecule has 100 valence electrons. The number of unbranched alkanes of at least 4 members (excludes halogenated alkanes) is 2. The van der Waals surface area contributed by atoms with Crippen LogP contribution in [0.5, 0.6) is 0 Å². The van der Waals surface area contributed by atoms with Crippen molar-refractivity contribution in [2.45, 2.75) is 70.1 Å². The van der Waals surface area contributed by atoms with Crippen LogP contribution in [0, 0.1) is 0 Å². The van der Waals surface area contributed by atoms with Crippen LogP contribution in [0.4, 0.5) is 0 Å². The van der Waals surface area contributed by atoms with Crippen molar-refractivity contribution in [2.24, 2.45) is 0 Å². The predicted octanol–water partition coefficient (Wildman–Crippen LogP) is 6.23. The van der Waals surface area contributed by atoms with Crippen molar-refractivity contribution >= 4 is 15.9 Å². The first kappa shape index (κ1) is 14.1. The fourth-order valence-corrected chi connectivity index (χ4v) is 3.69. The molecule has 0 amide bonds. The highest BCUT2D eigenvalue weighted by Gasteiger charge is 2.32. The molecule has 0 atom stereocenters. The third kappa shape index (κ3) is 3.38. The van der Waals surface area contributed by atoms with Gasteiger partial charge in [-0.1, -0.05) is 73.5 Å². The van der Waals surface area contributed by atoms with E-state index >= 15 is 0 Å². The van der Waals surface area contributed by atoms with Crippen molar-refractivity contribution in [1.82, 2.24) is 0 Å². The first-order chi connectivity index (χ1) is 8.77. The molecule has 0 aromatic heterocycles. The van der Waals surface area contributed by atoms with Gasteiger partial charge in [0, 0.05) is 4.47 Å². The molecule has 0 saturated heterocycles. The molecule has 1 aliphatic rings. The van der Waals surface area contributed by atoms with E-state index in [0.29, 0.717) is 5.41 Å². The number of hydrogen-bond donors (Lipinski definition) is 0. The molecular formula is C17H25Br. The number of hydrogen-bond acceptors (Lipinski definition) is 0. The lowest BCUT2D eigenvalue weighted by molar-refractivity contribution is 0.266. The molecule has 2 rings (SSSR count). The van der Waals surface area contributed by atoms with Gasteiger partial charge in [-0.3, -0.25) is 0 Å². The van der Waals surface area contributed by atoms with E-state index in [1.54, 1.807) is 5.56 Å². The summed E-state index contributed by atoms with van der Waals surface area (Å²) >= 11 is 3.55. The molecule has 1 aromatic carbocycles. The first-order valence-electron chi connectivity index (χ1n) is 7.53. The summed E-state index contributed by atoms with van der Waals surface area (Å²) in [5, 5.41) is 0. The van der Waals surface area contributed by atoms with Gasteiger partial charge in [0.1, 0.15) is 0 Å². The molecule has 1 aliphatic carbocycles. The second-order valence-electron chi connectivity index (χ2n) is 5.80. The highest BCUT2D eigenvalue weighted by molar-refractivity contribution is 9.10. The first-order valence-corrected chi connectivity index (χ1v) is 8.32. The van der Waals surface area contributed by atoms with Crippen LogP contribution in [0.3, 0.4) is 0 Å². The van der Waals surface area contributed by atoms with Crippen molar-refractivity contribution in [3.05, 3.63) is 34.3 Å². The molecule has 0 aliphatic heterocycles. The van der Waals surface area contributed by atoms with Crippen LogP contribution in [0.2, 0.25) is 0 Å². The summed E-state index contributed by atoms with van der Waals surface area (Å²) < 4.78 is 1.20. The maximum atomic E-state index is 3.55. The standard InChI is InChI=1S/C17H25Br/c1-2-3-5-12-17(13-6-4-7-14-17)15-8-10-16(18)11-9-15/h8-11H,2-7,12-14H2,1H3. The van der Waals surface area contributed by atoms with Gasteiger partial charge < -0.3 is 0 Å². The van der Waals surface area contributed by atoms with Gasteiger partial charge in [0.2, 0.25) is 0 Å².